The van der Waals surface area contributed by atoms with Crippen molar-refractivity contribution >= 4 is 35.2 Å². The minimum atomic E-state index is -0.996. The Morgan fingerprint density at radius 1 is 1.61 bits per heavy atom. The summed E-state index contributed by atoms with van der Waals surface area (Å²) in [6.07, 6.45) is 0.689. The van der Waals surface area contributed by atoms with Crippen LogP contribution in [-0.2, 0) is 4.79 Å². The number of amides is 1. The van der Waals surface area contributed by atoms with Gasteiger partial charge in [-0.2, -0.15) is 0 Å². The van der Waals surface area contributed by atoms with Gasteiger partial charge >= 0.3 is 5.97 Å². The number of aliphatic carboxylic acids is 1. The van der Waals surface area contributed by atoms with Crippen LogP contribution in [0.15, 0.2) is 16.5 Å². The van der Waals surface area contributed by atoms with Crippen molar-refractivity contribution in [3.63, 3.8) is 0 Å². The standard InChI is InChI=1S/C11H12ClNO4S/c1-2-9-13(6(5-18-9)11(15)16)10(14)7-3-4-8(12)17-7/h3-4,6,9H,2,5H2,1H3,(H,15,16). The van der Waals surface area contributed by atoms with Crippen LogP contribution in [0.5, 0.6) is 0 Å². The number of carbonyl (C=O) groups is 2. The Hall–Kier alpha value is -1.14. The normalized spacial score (nSPS) is 23.3. The fourth-order valence-electron chi connectivity index (χ4n) is 1.90. The third kappa shape index (κ3) is 2.35. The van der Waals surface area contributed by atoms with E-state index in [2.05, 4.69) is 0 Å². The van der Waals surface area contributed by atoms with Crippen LogP contribution in [0.2, 0.25) is 5.22 Å². The topological polar surface area (TPSA) is 70.8 Å². The summed E-state index contributed by atoms with van der Waals surface area (Å²) in [6, 6.07) is 2.12. The molecular weight excluding hydrogens is 278 g/mol. The van der Waals surface area contributed by atoms with Gasteiger partial charge in [0.05, 0.1) is 5.37 Å². The SMILES string of the molecule is CCC1SCC(C(=O)O)N1C(=O)c1ccc(Cl)o1. The Morgan fingerprint density at radius 3 is 2.83 bits per heavy atom. The van der Waals surface area contributed by atoms with Gasteiger partial charge in [0.15, 0.2) is 11.0 Å². The zero-order valence-electron chi connectivity index (χ0n) is 9.63. The maximum atomic E-state index is 12.2. The molecule has 1 aliphatic rings. The van der Waals surface area contributed by atoms with Gasteiger partial charge < -0.3 is 14.4 Å². The van der Waals surface area contributed by atoms with Crippen LogP contribution in [0.25, 0.3) is 0 Å². The molecule has 2 rings (SSSR count). The monoisotopic (exact) mass is 289 g/mol. The number of hydrogen-bond donors (Lipinski definition) is 1. The van der Waals surface area contributed by atoms with E-state index in [1.807, 2.05) is 6.92 Å². The van der Waals surface area contributed by atoms with Crippen LogP contribution in [-0.4, -0.2) is 39.1 Å². The molecular formula is C11H12ClNO4S. The first kappa shape index (κ1) is 13.3. The summed E-state index contributed by atoms with van der Waals surface area (Å²) in [6.45, 7) is 1.91. The van der Waals surface area contributed by atoms with Gasteiger partial charge in [-0.05, 0) is 30.2 Å². The van der Waals surface area contributed by atoms with E-state index in [4.69, 9.17) is 21.1 Å². The lowest BCUT2D eigenvalue weighted by Gasteiger charge is -2.25. The molecule has 1 N–H and O–H groups in total. The number of carboxylic acids is 1. The molecule has 2 unspecified atom stereocenters. The minimum Gasteiger partial charge on any atom is -0.480 e. The highest BCUT2D eigenvalue weighted by Gasteiger charge is 2.41. The summed E-state index contributed by atoms with van der Waals surface area (Å²) in [5, 5.41) is 9.11. The number of halogens is 1. The van der Waals surface area contributed by atoms with Crippen molar-refractivity contribution < 1.29 is 19.1 Å². The molecule has 0 aromatic carbocycles. The summed E-state index contributed by atoms with van der Waals surface area (Å²) in [5.74, 6) is -0.948. The van der Waals surface area contributed by atoms with Crippen LogP contribution >= 0.6 is 23.4 Å². The highest BCUT2D eigenvalue weighted by atomic mass is 35.5. The fourth-order valence-corrected chi connectivity index (χ4v) is 3.39. The molecule has 18 heavy (non-hydrogen) atoms. The molecule has 1 aromatic heterocycles. The van der Waals surface area contributed by atoms with Crippen LogP contribution in [0.3, 0.4) is 0 Å². The van der Waals surface area contributed by atoms with E-state index in [1.54, 1.807) is 0 Å². The molecule has 0 bridgehead atoms. The number of rotatable bonds is 3. The third-order valence-electron chi connectivity index (χ3n) is 2.75. The molecule has 0 radical (unpaired) electrons. The molecule has 1 amide bonds. The Bertz CT molecular complexity index is 475. The number of carbonyl (C=O) groups excluding carboxylic acids is 1. The molecule has 0 saturated carbocycles. The second-order valence-electron chi connectivity index (χ2n) is 3.87. The van der Waals surface area contributed by atoms with Crippen molar-refractivity contribution in [3.8, 4) is 0 Å². The highest BCUT2D eigenvalue weighted by molar-refractivity contribution is 8.00. The van der Waals surface area contributed by atoms with Gasteiger partial charge in [-0.15, -0.1) is 11.8 Å². The van der Waals surface area contributed by atoms with Gasteiger partial charge in [-0.1, -0.05) is 6.92 Å². The number of furan rings is 1. The van der Waals surface area contributed by atoms with Crippen molar-refractivity contribution in [1.29, 1.82) is 0 Å². The molecule has 1 fully saturated rings. The molecule has 98 valence electrons. The maximum Gasteiger partial charge on any atom is 0.327 e. The Labute approximate surface area is 113 Å². The maximum absolute atomic E-state index is 12.2. The predicted molar refractivity (Wildman–Crippen MR) is 67.8 cm³/mol. The van der Waals surface area contributed by atoms with E-state index in [0.29, 0.717) is 12.2 Å². The predicted octanol–water partition coefficient (Wildman–Crippen LogP) is 2.31. The average Bonchev–Trinajstić information content (AvgIpc) is 2.93. The van der Waals surface area contributed by atoms with E-state index >= 15 is 0 Å². The van der Waals surface area contributed by atoms with E-state index in [-0.39, 0.29) is 16.4 Å². The molecule has 0 aliphatic carbocycles. The highest BCUT2D eigenvalue weighted by Crippen LogP contribution is 2.33. The largest absolute Gasteiger partial charge is 0.480 e. The average molecular weight is 290 g/mol. The summed E-state index contributed by atoms with van der Waals surface area (Å²) >= 11 is 7.09. The summed E-state index contributed by atoms with van der Waals surface area (Å²) < 4.78 is 5.05. The first-order valence-electron chi connectivity index (χ1n) is 5.47. The summed E-state index contributed by atoms with van der Waals surface area (Å²) in [5.41, 5.74) is 0. The lowest BCUT2D eigenvalue weighted by Crippen LogP contribution is -2.45. The molecule has 1 aliphatic heterocycles. The number of thioether (sulfide) groups is 1. The molecule has 2 atom stereocenters. The van der Waals surface area contributed by atoms with Crippen molar-refractivity contribution in [2.24, 2.45) is 0 Å². The van der Waals surface area contributed by atoms with E-state index < -0.39 is 17.9 Å². The number of nitrogens with zero attached hydrogens (tertiary/aromatic N) is 1. The Kier molecular flexibility index (Phi) is 3.87. The van der Waals surface area contributed by atoms with Crippen molar-refractivity contribution in [1.82, 2.24) is 4.90 Å². The number of carboxylic acid groups (broad SMARTS) is 1. The van der Waals surface area contributed by atoms with E-state index in [9.17, 15) is 9.59 Å². The van der Waals surface area contributed by atoms with Crippen LogP contribution in [0.4, 0.5) is 0 Å². The lowest BCUT2D eigenvalue weighted by atomic mass is 10.2. The molecule has 1 aromatic rings. The smallest absolute Gasteiger partial charge is 0.327 e. The van der Waals surface area contributed by atoms with E-state index in [1.165, 1.54) is 28.8 Å². The van der Waals surface area contributed by atoms with Gasteiger partial charge in [0, 0.05) is 5.75 Å². The molecule has 2 heterocycles. The minimum absolute atomic E-state index is 0.0761. The second kappa shape index (κ2) is 5.24. The lowest BCUT2D eigenvalue weighted by molar-refractivity contribution is -0.141. The Balaban J connectivity index is 2.27. The van der Waals surface area contributed by atoms with Crippen LogP contribution in [0, 0.1) is 0 Å². The van der Waals surface area contributed by atoms with Crippen molar-refractivity contribution in [2.75, 3.05) is 5.75 Å². The van der Waals surface area contributed by atoms with Gasteiger partial charge in [-0.3, -0.25) is 4.79 Å². The van der Waals surface area contributed by atoms with Gasteiger partial charge in [0.25, 0.3) is 5.91 Å². The molecule has 0 spiro atoms. The molecule has 5 nitrogen and oxygen atoms in total. The van der Waals surface area contributed by atoms with E-state index in [0.717, 1.165) is 0 Å². The summed E-state index contributed by atoms with van der Waals surface area (Å²) in [7, 11) is 0. The fraction of sp³-hybridized carbons (Fsp3) is 0.455. The zero-order chi connectivity index (χ0) is 13.3. The molecule has 7 heteroatoms. The third-order valence-corrected chi connectivity index (χ3v) is 4.40. The van der Waals surface area contributed by atoms with Crippen LogP contribution in [0.1, 0.15) is 23.9 Å². The van der Waals surface area contributed by atoms with Crippen molar-refractivity contribution in [2.45, 2.75) is 24.8 Å². The van der Waals surface area contributed by atoms with Gasteiger partial charge in [0.2, 0.25) is 0 Å². The van der Waals surface area contributed by atoms with Gasteiger partial charge in [-0.25, -0.2) is 4.79 Å². The first-order chi connectivity index (χ1) is 8.54. The first-order valence-corrected chi connectivity index (χ1v) is 6.89. The quantitative estimate of drug-likeness (QED) is 0.924. The summed E-state index contributed by atoms with van der Waals surface area (Å²) in [4.78, 5) is 24.8. The number of hydrogen-bond acceptors (Lipinski definition) is 4. The van der Waals surface area contributed by atoms with Gasteiger partial charge in [0.1, 0.15) is 6.04 Å². The zero-order valence-corrected chi connectivity index (χ0v) is 11.2. The second-order valence-corrected chi connectivity index (χ2v) is 5.45. The molecule has 1 saturated heterocycles. The van der Waals surface area contributed by atoms with Crippen LogP contribution < -0.4 is 0 Å². The Morgan fingerprint density at radius 2 is 2.33 bits per heavy atom. The van der Waals surface area contributed by atoms with Crippen molar-refractivity contribution in [3.05, 3.63) is 23.1 Å².